The van der Waals surface area contributed by atoms with E-state index in [0.29, 0.717) is 48.0 Å². The number of fused-ring (bicyclic) bond motifs is 1. The zero-order valence-corrected chi connectivity index (χ0v) is 20.7. The van der Waals surface area contributed by atoms with Gasteiger partial charge in [-0.1, -0.05) is 29.8 Å². The minimum Gasteiger partial charge on any atom is -0.383 e. The SMILES string of the molecule is Cc1ccc(-c2nn(C(C)(C)CNC(=O)c3cc(N4CCOCC4)ccn3)c3ncnc(N)c23)cc1. The first-order valence-corrected chi connectivity index (χ1v) is 12.0. The number of ether oxygens (including phenoxy) is 1. The van der Waals surface area contributed by atoms with Crippen LogP contribution in [0.5, 0.6) is 0 Å². The van der Waals surface area contributed by atoms with Crippen LogP contribution < -0.4 is 16.0 Å². The molecule has 36 heavy (non-hydrogen) atoms. The van der Waals surface area contributed by atoms with Crippen LogP contribution in [0.3, 0.4) is 0 Å². The number of nitrogens with zero attached hydrogens (tertiary/aromatic N) is 6. The summed E-state index contributed by atoms with van der Waals surface area (Å²) in [4.78, 5) is 28.2. The molecule has 0 saturated carbocycles. The zero-order chi connectivity index (χ0) is 25.3. The average molecular weight is 487 g/mol. The van der Waals surface area contributed by atoms with Crippen molar-refractivity contribution in [3.05, 3.63) is 60.2 Å². The standard InChI is InChI=1S/C26H30N8O2/c1-17-4-6-18(7-5-17)22-21-23(27)30-16-31-24(21)34(32-22)26(2,3)15-29-25(35)20-14-19(8-9-28-20)33-10-12-36-13-11-33/h4-9,14,16H,10-13,15H2,1-3H3,(H,29,35)(H2,27,30,31). The number of morpholine rings is 1. The number of hydrogen-bond donors (Lipinski definition) is 2. The van der Waals surface area contributed by atoms with Crippen LogP contribution in [0, 0.1) is 6.92 Å². The second kappa shape index (κ2) is 9.54. The summed E-state index contributed by atoms with van der Waals surface area (Å²) in [6, 6.07) is 11.8. The number of aryl methyl sites for hydroxylation is 1. The van der Waals surface area contributed by atoms with E-state index in [0.717, 1.165) is 29.9 Å². The van der Waals surface area contributed by atoms with Gasteiger partial charge in [0, 0.05) is 37.1 Å². The maximum absolute atomic E-state index is 13.0. The van der Waals surface area contributed by atoms with Crippen LogP contribution in [0.1, 0.15) is 29.9 Å². The van der Waals surface area contributed by atoms with E-state index in [9.17, 15) is 4.79 Å². The number of carbonyl (C=O) groups excluding carboxylic acids is 1. The Kier molecular flexibility index (Phi) is 6.27. The van der Waals surface area contributed by atoms with Gasteiger partial charge >= 0.3 is 0 Å². The molecule has 1 saturated heterocycles. The van der Waals surface area contributed by atoms with Gasteiger partial charge in [0.2, 0.25) is 0 Å². The largest absolute Gasteiger partial charge is 0.383 e. The minimum absolute atomic E-state index is 0.248. The number of amides is 1. The highest BCUT2D eigenvalue weighted by Gasteiger charge is 2.28. The van der Waals surface area contributed by atoms with Crippen molar-refractivity contribution in [1.29, 1.82) is 0 Å². The smallest absolute Gasteiger partial charge is 0.270 e. The number of benzene rings is 1. The highest BCUT2D eigenvalue weighted by atomic mass is 16.5. The van der Waals surface area contributed by atoms with E-state index in [-0.39, 0.29) is 5.91 Å². The number of aromatic nitrogens is 5. The Hall–Kier alpha value is -4.05. The van der Waals surface area contributed by atoms with Crippen molar-refractivity contribution in [2.75, 3.05) is 43.5 Å². The predicted molar refractivity (Wildman–Crippen MR) is 139 cm³/mol. The summed E-state index contributed by atoms with van der Waals surface area (Å²) in [5.41, 5.74) is 10.4. The second-order valence-corrected chi connectivity index (χ2v) is 9.58. The zero-order valence-electron chi connectivity index (χ0n) is 20.7. The first-order valence-electron chi connectivity index (χ1n) is 12.0. The molecule has 10 nitrogen and oxygen atoms in total. The third kappa shape index (κ3) is 4.59. The van der Waals surface area contributed by atoms with E-state index in [2.05, 4.69) is 25.2 Å². The molecule has 0 bridgehead atoms. The lowest BCUT2D eigenvalue weighted by molar-refractivity contribution is 0.0931. The van der Waals surface area contributed by atoms with Crippen molar-refractivity contribution in [3.8, 4) is 11.3 Å². The minimum atomic E-state index is -0.612. The monoisotopic (exact) mass is 486 g/mol. The Labute approximate surface area is 209 Å². The second-order valence-electron chi connectivity index (χ2n) is 9.58. The first-order chi connectivity index (χ1) is 17.3. The molecule has 1 fully saturated rings. The summed E-state index contributed by atoms with van der Waals surface area (Å²) in [7, 11) is 0. The summed E-state index contributed by atoms with van der Waals surface area (Å²) in [6.45, 7) is 9.27. The molecule has 10 heteroatoms. The number of hydrogen-bond acceptors (Lipinski definition) is 8. The Bertz CT molecular complexity index is 1390. The number of nitrogen functional groups attached to an aromatic ring is 1. The Morgan fingerprint density at radius 3 is 2.61 bits per heavy atom. The number of anilines is 2. The van der Waals surface area contributed by atoms with Crippen LogP contribution in [0.2, 0.25) is 0 Å². The number of carbonyl (C=O) groups is 1. The normalized spacial score (nSPS) is 14.2. The molecule has 3 aromatic heterocycles. The van der Waals surface area contributed by atoms with Gasteiger partial charge in [0.05, 0.1) is 24.1 Å². The fraction of sp³-hybridized carbons (Fsp3) is 0.346. The third-order valence-corrected chi connectivity index (χ3v) is 6.43. The van der Waals surface area contributed by atoms with Crippen molar-refractivity contribution in [2.24, 2.45) is 0 Å². The number of nitrogens with two attached hydrogens (primary N) is 1. The molecular formula is C26H30N8O2. The molecule has 1 aliphatic heterocycles. The van der Waals surface area contributed by atoms with Crippen LogP contribution in [0.25, 0.3) is 22.3 Å². The molecule has 0 aliphatic carbocycles. The summed E-state index contributed by atoms with van der Waals surface area (Å²) >= 11 is 0. The van der Waals surface area contributed by atoms with Gasteiger partial charge in [-0.15, -0.1) is 0 Å². The molecule has 1 aromatic carbocycles. The van der Waals surface area contributed by atoms with Gasteiger partial charge in [-0.3, -0.25) is 9.78 Å². The highest BCUT2D eigenvalue weighted by molar-refractivity contribution is 5.98. The van der Waals surface area contributed by atoms with E-state index < -0.39 is 5.54 Å². The maximum atomic E-state index is 13.0. The molecule has 0 spiro atoms. The van der Waals surface area contributed by atoms with E-state index in [4.69, 9.17) is 15.6 Å². The molecular weight excluding hydrogens is 456 g/mol. The van der Waals surface area contributed by atoms with Crippen molar-refractivity contribution in [1.82, 2.24) is 30.0 Å². The molecule has 0 unspecified atom stereocenters. The third-order valence-electron chi connectivity index (χ3n) is 6.43. The molecule has 4 aromatic rings. The van der Waals surface area contributed by atoms with Crippen molar-refractivity contribution in [2.45, 2.75) is 26.3 Å². The van der Waals surface area contributed by atoms with Crippen LogP contribution in [0.15, 0.2) is 48.9 Å². The topological polar surface area (TPSA) is 124 Å². The number of rotatable bonds is 6. The molecule has 3 N–H and O–H groups in total. The quantitative estimate of drug-likeness (QED) is 0.426. The van der Waals surface area contributed by atoms with Crippen LogP contribution >= 0.6 is 0 Å². The van der Waals surface area contributed by atoms with Gasteiger partial charge in [0.1, 0.15) is 23.5 Å². The van der Waals surface area contributed by atoms with Gasteiger partial charge in [-0.25, -0.2) is 14.6 Å². The van der Waals surface area contributed by atoms with E-state index >= 15 is 0 Å². The van der Waals surface area contributed by atoms with Gasteiger partial charge < -0.3 is 20.7 Å². The van der Waals surface area contributed by atoms with Crippen LogP contribution in [-0.4, -0.2) is 63.5 Å². The molecule has 1 amide bonds. The van der Waals surface area contributed by atoms with Crippen LogP contribution in [0.4, 0.5) is 11.5 Å². The summed E-state index contributed by atoms with van der Waals surface area (Å²) < 4.78 is 7.24. The molecule has 0 atom stereocenters. The van der Waals surface area contributed by atoms with Gasteiger partial charge in [-0.05, 0) is 32.9 Å². The van der Waals surface area contributed by atoms with Gasteiger partial charge in [-0.2, -0.15) is 5.10 Å². The fourth-order valence-electron chi connectivity index (χ4n) is 4.33. The summed E-state index contributed by atoms with van der Waals surface area (Å²) in [6.07, 6.45) is 3.10. The number of pyridine rings is 1. The lowest BCUT2D eigenvalue weighted by Gasteiger charge is -2.29. The van der Waals surface area contributed by atoms with Crippen molar-refractivity contribution >= 4 is 28.4 Å². The highest BCUT2D eigenvalue weighted by Crippen LogP contribution is 2.33. The fourth-order valence-corrected chi connectivity index (χ4v) is 4.33. The van der Waals surface area contributed by atoms with Gasteiger partial charge in [0.25, 0.3) is 5.91 Å². The molecule has 1 aliphatic rings. The van der Waals surface area contributed by atoms with Gasteiger partial charge in [0.15, 0.2) is 5.65 Å². The Morgan fingerprint density at radius 2 is 1.86 bits per heavy atom. The predicted octanol–water partition coefficient (Wildman–Crippen LogP) is 2.78. The van der Waals surface area contributed by atoms with E-state index in [1.165, 1.54) is 6.33 Å². The first kappa shape index (κ1) is 23.7. The lowest BCUT2D eigenvalue weighted by Crippen LogP contribution is -2.42. The van der Waals surface area contributed by atoms with E-state index in [1.54, 1.807) is 6.20 Å². The maximum Gasteiger partial charge on any atom is 0.270 e. The Morgan fingerprint density at radius 1 is 1.11 bits per heavy atom. The molecule has 4 heterocycles. The summed E-state index contributed by atoms with van der Waals surface area (Å²) in [5, 5.41) is 8.62. The molecule has 0 radical (unpaired) electrons. The average Bonchev–Trinajstić information content (AvgIpc) is 3.30. The van der Waals surface area contributed by atoms with E-state index in [1.807, 2.05) is 61.9 Å². The van der Waals surface area contributed by atoms with Crippen molar-refractivity contribution in [3.63, 3.8) is 0 Å². The van der Waals surface area contributed by atoms with Crippen molar-refractivity contribution < 1.29 is 9.53 Å². The summed E-state index contributed by atoms with van der Waals surface area (Å²) in [5.74, 6) is 0.119. The Balaban J connectivity index is 1.40. The molecule has 5 rings (SSSR count). The molecule has 186 valence electrons. The number of nitrogens with one attached hydrogen (secondary N) is 1. The van der Waals surface area contributed by atoms with Crippen LogP contribution in [-0.2, 0) is 10.3 Å². The lowest BCUT2D eigenvalue weighted by atomic mass is 10.1.